The molecule has 0 spiro atoms. The van der Waals surface area contributed by atoms with Crippen molar-refractivity contribution in [2.24, 2.45) is 10.8 Å². The molecule has 2 aromatic carbocycles. The molecule has 0 atom stereocenters. The number of benzene rings is 2. The number of nitrogens with zero attached hydrogens (tertiary/aromatic N) is 1. The molecule has 0 aliphatic heterocycles. The van der Waals surface area contributed by atoms with Gasteiger partial charge in [-0.1, -0.05) is 34.1 Å². The number of hydrogen-bond acceptors (Lipinski definition) is 2. The molecule has 0 fully saturated rings. The number of nitrogens with one attached hydrogen (secondary N) is 1. The summed E-state index contributed by atoms with van der Waals surface area (Å²) in [7, 11) is 0. The summed E-state index contributed by atoms with van der Waals surface area (Å²) in [5, 5.41) is 0. The number of halogens is 2. The van der Waals surface area contributed by atoms with E-state index in [0.29, 0.717) is 11.4 Å². The van der Waals surface area contributed by atoms with E-state index in [9.17, 15) is 4.39 Å². The van der Waals surface area contributed by atoms with Gasteiger partial charge >= 0.3 is 0 Å². The predicted octanol–water partition coefficient (Wildman–Crippen LogP) is 3.13. The van der Waals surface area contributed by atoms with Gasteiger partial charge in [-0.05, 0) is 30.3 Å². The molecule has 0 aliphatic rings. The van der Waals surface area contributed by atoms with Crippen LogP contribution in [0.25, 0.3) is 0 Å². The zero-order valence-electron chi connectivity index (χ0n) is 9.40. The third kappa shape index (κ3) is 2.94. The van der Waals surface area contributed by atoms with Crippen LogP contribution in [0.2, 0.25) is 0 Å². The number of aliphatic imine (C=N–C) groups is 1. The van der Waals surface area contributed by atoms with Crippen molar-refractivity contribution in [3.63, 3.8) is 0 Å². The molecule has 0 aliphatic carbocycles. The van der Waals surface area contributed by atoms with Gasteiger partial charge in [0.05, 0.1) is 5.69 Å². The molecule has 92 valence electrons. The highest BCUT2D eigenvalue weighted by molar-refractivity contribution is 9.10. The summed E-state index contributed by atoms with van der Waals surface area (Å²) in [6.45, 7) is 0. The summed E-state index contributed by atoms with van der Waals surface area (Å²) in [6, 6.07) is 13.7. The van der Waals surface area contributed by atoms with Gasteiger partial charge in [0, 0.05) is 10.0 Å². The van der Waals surface area contributed by atoms with Crippen molar-refractivity contribution < 1.29 is 4.39 Å². The highest BCUT2D eigenvalue weighted by Gasteiger charge is 2.08. The van der Waals surface area contributed by atoms with Gasteiger partial charge in [-0.2, -0.15) is 0 Å². The van der Waals surface area contributed by atoms with Crippen LogP contribution in [0.3, 0.4) is 0 Å². The molecule has 2 rings (SSSR count). The van der Waals surface area contributed by atoms with Crippen molar-refractivity contribution in [2.75, 3.05) is 0 Å². The Hall–Kier alpha value is -1.72. The maximum absolute atomic E-state index is 13.2. The highest BCUT2D eigenvalue weighted by Crippen LogP contribution is 2.20. The summed E-state index contributed by atoms with van der Waals surface area (Å²) < 4.78 is 14.0. The smallest absolute Gasteiger partial charge is 0.149 e. The van der Waals surface area contributed by atoms with Crippen LogP contribution >= 0.6 is 15.9 Å². The van der Waals surface area contributed by atoms with E-state index in [1.54, 1.807) is 6.07 Å². The van der Waals surface area contributed by atoms with E-state index in [1.165, 1.54) is 12.1 Å². The van der Waals surface area contributed by atoms with Crippen molar-refractivity contribution in [3.05, 3.63) is 64.4 Å². The lowest BCUT2D eigenvalue weighted by atomic mass is 10.2. The molecule has 5 heteroatoms. The van der Waals surface area contributed by atoms with Crippen LogP contribution < -0.4 is 11.3 Å². The Morgan fingerprint density at radius 3 is 2.56 bits per heavy atom. The predicted molar refractivity (Wildman–Crippen MR) is 74.1 cm³/mol. The number of nitrogens with two attached hydrogens (primary N) is 1. The van der Waals surface area contributed by atoms with Gasteiger partial charge in [0.2, 0.25) is 0 Å². The van der Waals surface area contributed by atoms with Crippen molar-refractivity contribution in [1.82, 2.24) is 5.43 Å². The molecule has 0 saturated heterocycles. The van der Waals surface area contributed by atoms with E-state index in [2.05, 4.69) is 26.3 Å². The molecule has 0 radical (unpaired) electrons. The van der Waals surface area contributed by atoms with Crippen molar-refractivity contribution >= 4 is 27.5 Å². The summed E-state index contributed by atoms with van der Waals surface area (Å²) >= 11 is 3.34. The second-order valence-corrected chi connectivity index (χ2v) is 4.42. The van der Waals surface area contributed by atoms with Crippen LogP contribution in [0, 0.1) is 5.82 Å². The van der Waals surface area contributed by atoms with Gasteiger partial charge in [-0.3, -0.25) is 0 Å². The highest BCUT2D eigenvalue weighted by atomic mass is 79.9. The molecule has 0 amide bonds. The van der Waals surface area contributed by atoms with E-state index in [1.807, 2.05) is 30.3 Å². The van der Waals surface area contributed by atoms with E-state index >= 15 is 0 Å². The Labute approximate surface area is 113 Å². The van der Waals surface area contributed by atoms with E-state index in [0.717, 1.165) is 10.2 Å². The summed E-state index contributed by atoms with van der Waals surface area (Å²) in [6.07, 6.45) is 0. The number of rotatable bonds is 2. The minimum atomic E-state index is -0.343. The molecule has 3 nitrogen and oxygen atoms in total. The third-order valence-electron chi connectivity index (χ3n) is 2.32. The second kappa shape index (κ2) is 5.75. The molecule has 0 heterocycles. The van der Waals surface area contributed by atoms with Crippen molar-refractivity contribution in [2.45, 2.75) is 0 Å². The topological polar surface area (TPSA) is 50.4 Å². The fourth-order valence-corrected chi connectivity index (χ4v) is 1.92. The molecule has 0 aromatic heterocycles. The lowest BCUT2D eigenvalue weighted by Gasteiger charge is -2.08. The van der Waals surface area contributed by atoms with E-state index < -0.39 is 0 Å². The lowest BCUT2D eigenvalue weighted by molar-refractivity contribution is 0.627. The maximum atomic E-state index is 13.2. The van der Waals surface area contributed by atoms with Gasteiger partial charge in [0.15, 0.2) is 0 Å². The van der Waals surface area contributed by atoms with E-state index in [4.69, 9.17) is 5.84 Å². The SMILES string of the molecule is NNC(=Nc1ccccc1)c1cc(F)ccc1Br. The van der Waals surface area contributed by atoms with Gasteiger partial charge in [0.1, 0.15) is 11.7 Å². The average Bonchev–Trinajstić information content (AvgIpc) is 2.40. The van der Waals surface area contributed by atoms with Crippen LogP contribution in [0.1, 0.15) is 5.56 Å². The molecule has 0 saturated carbocycles. The number of para-hydroxylation sites is 1. The normalized spacial score (nSPS) is 11.4. The van der Waals surface area contributed by atoms with Crippen LogP contribution in [-0.2, 0) is 0 Å². The first-order valence-corrected chi connectivity index (χ1v) is 6.06. The number of amidine groups is 1. The van der Waals surface area contributed by atoms with E-state index in [-0.39, 0.29) is 5.82 Å². The minimum absolute atomic E-state index is 0.343. The molecule has 2 aromatic rings. The Kier molecular flexibility index (Phi) is 4.07. The van der Waals surface area contributed by atoms with Gasteiger partial charge in [-0.25, -0.2) is 15.2 Å². The van der Waals surface area contributed by atoms with Gasteiger partial charge in [0.25, 0.3) is 0 Å². The second-order valence-electron chi connectivity index (χ2n) is 3.56. The monoisotopic (exact) mass is 307 g/mol. The molecule has 0 bridgehead atoms. The Morgan fingerprint density at radius 2 is 1.89 bits per heavy atom. The maximum Gasteiger partial charge on any atom is 0.149 e. The molecular formula is C13H11BrFN3. The zero-order chi connectivity index (χ0) is 13.0. The summed E-state index contributed by atoms with van der Waals surface area (Å²) in [5.41, 5.74) is 3.80. The quantitative estimate of drug-likeness (QED) is 0.387. The fourth-order valence-electron chi connectivity index (χ4n) is 1.48. The standard InChI is InChI=1S/C13H11BrFN3/c14-12-7-6-9(15)8-11(12)13(18-16)17-10-4-2-1-3-5-10/h1-8H,16H2,(H,17,18). The Bertz CT molecular complexity index is 570. The van der Waals surface area contributed by atoms with Gasteiger partial charge in [-0.15, -0.1) is 0 Å². The first-order valence-electron chi connectivity index (χ1n) is 5.26. The van der Waals surface area contributed by atoms with Gasteiger partial charge < -0.3 is 5.43 Å². The molecule has 3 N–H and O–H groups in total. The Morgan fingerprint density at radius 1 is 1.17 bits per heavy atom. The fraction of sp³-hybridized carbons (Fsp3) is 0. The minimum Gasteiger partial charge on any atom is -0.308 e. The van der Waals surface area contributed by atoms with Crippen molar-refractivity contribution in [1.29, 1.82) is 0 Å². The van der Waals surface area contributed by atoms with Crippen LogP contribution in [-0.4, -0.2) is 5.84 Å². The summed E-state index contributed by atoms with van der Waals surface area (Å²) in [5.74, 6) is 5.50. The molecule has 18 heavy (non-hydrogen) atoms. The molecule has 0 unspecified atom stereocenters. The first kappa shape index (κ1) is 12.7. The summed E-state index contributed by atoms with van der Waals surface area (Å²) in [4.78, 5) is 4.33. The van der Waals surface area contributed by atoms with Crippen LogP contribution in [0.5, 0.6) is 0 Å². The molecular weight excluding hydrogens is 297 g/mol. The van der Waals surface area contributed by atoms with Crippen LogP contribution in [0.15, 0.2) is 58.0 Å². The zero-order valence-corrected chi connectivity index (χ0v) is 11.0. The average molecular weight is 308 g/mol. The first-order chi connectivity index (χ1) is 8.70. The third-order valence-corrected chi connectivity index (χ3v) is 3.01. The lowest BCUT2D eigenvalue weighted by Crippen LogP contribution is -2.31. The largest absolute Gasteiger partial charge is 0.308 e. The number of hydrogen-bond donors (Lipinski definition) is 2. The van der Waals surface area contributed by atoms with Crippen molar-refractivity contribution in [3.8, 4) is 0 Å². The Balaban J connectivity index is 2.45. The number of hydrazine groups is 1. The van der Waals surface area contributed by atoms with Crippen LogP contribution in [0.4, 0.5) is 10.1 Å².